The topological polar surface area (TPSA) is 132 Å². The molecule has 30 heavy (non-hydrogen) atoms. The van der Waals surface area contributed by atoms with Gasteiger partial charge in [-0.1, -0.05) is 35.9 Å². The van der Waals surface area contributed by atoms with Crippen LogP contribution in [0.15, 0.2) is 54.6 Å². The number of amides is 1. The van der Waals surface area contributed by atoms with E-state index in [0.29, 0.717) is 5.56 Å². The molecular weight excluding hydrogens is 384 g/mol. The summed E-state index contributed by atoms with van der Waals surface area (Å²) in [6.07, 6.45) is 0. The maximum atomic E-state index is 12.3. The van der Waals surface area contributed by atoms with E-state index in [9.17, 15) is 9.59 Å². The van der Waals surface area contributed by atoms with Crippen LogP contribution in [0.1, 0.15) is 28.7 Å². The van der Waals surface area contributed by atoms with Crippen LogP contribution in [0.5, 0.6) is 0 Å². The molecule has 0 spiro atoms. The van der Waals surface area contributed by atoms with Gasteiger partial charge in [-0.25, -0.2) is 4.79 Å². The van der Waals surface area contributed by atoms with Gasteiger partial charge in [0.05, 0.1) is 0 Å². The molecular formula is C21H22N6O3. The van der Waals surface area contributed by atoms with Gasteiger partial charge in [0, 0.05) is 11.3 Å². The number of esters is 1. The number of aromatic nitrogens is 3. The van der Waals surface area contributed by atoms with E-state index < -0.39 is 12.0 Å². The Morgan fingerprint density at radius 1 is 1.07 bits per heavy atom. The number of aryl methyl sites for hydroxylation is 1. The third kappa shape index (κ3) is 5.74. The summed E-state index contributed by atoms with van der Waals surface area (Å²) in [7, 11) is 0. The van der Waals surface area contributed by atoms with Crippen molar-refractivity contribution in [2.24, 2.45) is 0 Å². The number of nitrogen functional groups attached to an aromatic ring is 1. The minimum atomic E-state index is -0.848. The number of benzene rings is 2. The Kier molecular flexibility index (Phi) is 6.53. The van der Waals surface area contributed by atoms with Gasteiger partial charge in [0.15, 0.2) is 12.4 Å². The first kappa shape index (κ1) is 20.7. The van der Waals surface area contributed by atoms with Crippen molar-refractivity contribution in [3.8, 4) is 0 Å². The van der Waals surface area contributed by atoms with Crippen molar-refractivity contribution in [3.05, 3.63) is 71.5 Å². The highest BCUT2D eigenvalue weighted by molar-refractivity contribution is 5.96. The van der Waals surface area contributed by atoms with Crippen molar-refractivity contribution in [1.29, 1.82) is 0 Å². The Balaban J connectivity index is 1.57. The quantitative estimate of drug-likeness (QED) is 0.510. The molecule has 0 radical (unpaired) electrons. The number of rotatable bonds is 7. The number of hydrogen-bond donors (Lipinski definition) is 3. The Morgan fingerprint density at radius 3 is 2.57 bits per heavy atom. The first-order valence-corrected chi connectivity index (χ1v) is 9.27. The molecule has 0 saturated heterocycles. The Bertz CT molecular complexity index is 1040. The predicted molar refractivity (Wildman–Crippen MR) is 112 cm³/mol. The van der Waals surface area contributed by atoms with Crippen molar-refractivity contribution in [2.45, 2.75) is 26.5 Å². The standard InChI is InChI=1S/C21H22N6O3/c1-13-7-6-8-15(11-13)18(28)23-14(2)19(29)30-12-17-25-20(22)27-21(26-17)24-16-9-4-3-5-10-16/h3-11,14H,12H2,1-2H3,(H,23,28)(H3,22,24,25,26,27)/t14-/m0/s1. The number of ether oxygens (including phenoxy) is 1. The first-order valence-electron chi connectivity index (χ1n) is 9.27. The van der Waals surface area contributed by atoms with Gasteiger partial charge in [-0.05, 0) is 38.1 Å². The highest BCUT2D eigenvalue weighted by Crippen LogP contribution is 2.13. The number of nitrogens with one attached hydrogen (secondary N) is 2. The van der Waals surface area contributed by atoms with Gasteiger partial charge in [-0.3, -0.25) is 4.79 Å². The van der Waals surface area contributed by atoms with Crippen LogP contribution in [0, 0.1) is 6.92 Å². The molecule has 0 saturated carbocycles. The van der Waals surface area contributed by atoms with Crippen LogP contribution in [-0.2, 0) is 16.1 Å². The van der Waals surface area contributed by atoms with E-state index in [1.807, 2.05) is 43.3 Å². The highest BCUT2D eigenvalue weighted by Gasteiger charge is 2.19. The van der Waals surface area contributed by atoms with Gasteiger partial charge in [0.1, 0.15) is 6.04 Å². The van der Waals surface area contributed by atoms with E-state index in [2.05, 4.69) is 25.6 Å². The monoisotopic (exact) mass is 406 g/mol. The Morgan fingerprint density at radius 2 is 1.83 bits per heavy atom. The number of nitrogens with two attached hydrogens (primary N) is 1. The van der Waals surface area contributed by atoms with Gasteiger partial charge in [0.2, 0.25) is 11.9 Å². The number of carbonyl (C=O) groups is 2. The highest BCUT2D eigenvalue weighted by atomic mass is 16.5. The van der Waals surface area contributed by atoms with Gasteiger partial charge < -0.3 is 21.1 Å². The van der Waals surface area contributed by atoms with E-state index in [1.165, 1.54) is 0 Å². The summed E-state index contributed by atoms with van der Waals surface area (Å²) >= 11 is 0. The smallest absolute Gasteiger partial charge is 0.328 e. The van der Waals surface area contributed by atoms with Gasteiger partial charge in [-0.15, -0.1) is 0 Å². The van der Waals surface area contributed by atoms with Crippen molar-refractivity contribution in [3.63, 3.8) is 0 Å². The maximum absolute atomic E-state index is 12.3. The van der Waals surface area contributed by atoms with Crippen molar-refractivity contribution >= 4 is 29.5 Å². The summed E-state index contributed by atoms with van der Waals surface area (Å²) in [6.45, 7) is 3.22. The number of hydrogen-bond acceptors (Lipinski definition) is 8. The van der Waals surface area contributed by atoms with Crippen LogP contribution in [0.3, 0.4) is 0 Å². The summed E-state index contributed by atoms with van der Waals surface area (Å²) in [6, 6.07) is 15.5. The molecule has 1 aromatic heterocycles. The molecule has 1 amide bonds. The van der Waals surface area contributed by atoms with Gasteiger partial charge >= 0.3 is 5.97 Å². The molecule has 4 N–H and O–H groups in total. The minimum absolute atomic E-state index is 0.00437. The molecule has 0 aliphatic carbocycles. The largest absolute Gasteiger partial charge is 0.456 e. The Hall–Kier alpha value is -4.01. The summed E-state index contributed by atoms with van der Waals surface area (Å²) in [4.78, 5) is 36.7. The van der Waals surface area contributed by atoms with Crippen LogP contribution in [0.25, 0.3) is 0 Å². The SMILES string of the molecule is Cc1cccc(C(=O)N[C@@H](C)C(=O)OCc2nc(N)nc(Nc3ccccc3)n2)c1. The lowest BCUT2D eigenvalue weighted by atomic mass is 10.1. The summed E-state index contributed by atoms with van der Waals surface area (Å²) < 4.78 is 5.22. The van der Waals surface area contributed by atoms with Gasteiger partial charge in [0.25, 0.3) is 5.91 Å². The van der Waals surface area contributed by atoms with Crippen LogP contribution in [-0.4, -0.2) is 32.9 Å². The van der Waals surface area contributed by atoms with Crippen molar-refractivity contribution < 1.29 is 14.3 Å². The van der Waals surface area contributed by atoms with E-state index in [1.54, 1.807) is 25.1 Å². The predicted octanol–water partition coefficient (Wildman–Crippen LogP) is 2.37. The second-order valence-corrected chi connectivity index (χ2v) is 6.60. The summed E-state index contributed by atoms with van der Waals surface area (Å²) in [5, 5.41) is 5.62. The second-order valence-electron chi connectivity index (χ2n) is 6.60. The van der Waals surface area contributed by atoms with Crippen LogP contribution >= 0.6 is 0 Å². The zero-order chi connectivity index (χ0) is 21.5. The number of nitrogens with zero attached hydrogens (tertiary/aromatic N) is 3. The van der Waals surface area contributed by atoms with Crippen molar-refractivity contribution in [2.75, 3.05) is 11.1 Å². The first-order chi connectivity index (χ1) is 14.4. The zero-order valence-corrected chi connectivity index (χ0v) is 16.6. The lowest BCUT2D eigenvalue weighted by Gasteiger charge is -2.13. The molecule has 9 heteroatoms. The third-order valence-corrected chi connectivity index (χ3v) is 4.05. The minimum Gasteiger partial charge on any atom is -0.456 e. The number of para-hydroxylation sites is 1. The normalized spacial score (nSPS) is 11.4. The average Bonchev–Trinajstić information content (AvgIpc) is 2.72. The fraction of sp³-hybridized carbons (Fsp3) is 0.190. The fourth-order valence-corrected chi connectivity index (χ4v) is 2.59. The lowest BCUT2D eigenvalue weighted by molar-refractivity contribution is -0.147. The average molecular weight is 406 g/mol. The summed E-state index contributed by atoms with van der Waals surface area (Å²) in [5.41, 5.74) is 7.92. The van der Waals surface area contributed by atoms with E-state index >= 15 is 0 Å². The zero-order valence-electron chi connectivity index (χ0n) is 16.6. The molecule has 0 aliphatic heterocycles. The molecule has 0 bridgehead atoms. The molecule has 3 rings (SSSR count). The van der Waals surface area contributed by atoms with E-state index in [0.717, 1.165) is 11.3 Å². The number of anilines is 3. The van der Waals surface area contributed by atoms with Crippen molar-refractivity contribution in [1.82, 2.24) is 20.3 Å². The molecule has 0 fully saturated rings. The molecule has 9 nitrogen and oxygen atoms in total. The maximum Gasteiger partial charge on any atom is 0.328 e. The van der Waals surface area contributed by atoms with Crippen LogP contribution in [0.2, 0.25) is 0 Å². The summed E-state index contributed by atoms with van der Waals surface area (Å²) in [5.74, 6) is -0.559. The molecule has 0 aliphatic rings. The molecule has 1 atom stereocenters. The van der Waals surface area contributed by atoms with E-state index in [4.69, 9.17) is 10.5 Å². The lowest BCUT2D eigenvalue weighted by Crippen LogP contribution is -2.39. The van der Waals surface area contributed by atoms with Crippen LogP contribution < -0.4 is 16.4 Å². The number of carbonyl (C=O) groups excluding carboxylic acids is 2. The third-order valence-electron chi connectivity index (χ3n) is 4.05. The fourth-order valence-electron chi connectivity index (χ4n) is 2.59. The van der Waals surface area contributed by atoms with Crippen LogP contribution in [0.4, 0.5) is 17.6 Å². The van der Waals surface area contributed by atoms with Gasteiger partial charge in [-0.2, -0.15) is 15.0 Å². The van der Waals surface area contributed by atoms with E-state index in [-0.39, 0.29) is 30.2 Å². The molecule has 154 valence electrons. The Labute approximate surface area is 173 Å². The molecule has 1 heterocycles. The molecule has 2 aromatic carbocycles. The molecule has 0 unspecified atom stereocenters. The molecule has 3 aromatic rings. The second kappa shape index (κ2) is 9.46.